The lowest BCUT2D eigenvalue weighted by atomic mass is 10.1. The maximum absolute atomic E-state index is 12.4. The van der Waals surface area contributed by atoms with Crippen LogP contribution < -0.4 is 14.8 Å². The van der Waals surface area contributed by atoms with Gasteiger partial charge in [-0.15, -0.1) is 13.2 Å². The van der Waals surface area contributed by atoms with E-state index in [4.69, 9.17) is 4.74 Å². The second-order valence-electron chi connectivity index (χ2n) is 8.32. The van der Waals surface area contributed by atoms with Crippen molar-refractivity contribution in [3.05, 3.63) is 83.9 Å². The molecule has 4 nitrogen and oxygen atoms in total. The Labute approximate surface area is 213 Å². The van der Waals surface area contributed by atoms with Crippen LogP contribution in [0.2, 0.25) is 0 Å². The summed E-state index contributed by atoms with van der Waals surface area (Å²) >= 11 is 1.27. The second kappa shape index (κ2) is 11.9. The lowest BCUT2D eigenvalue weighted by molar-refractivity contribution is -0.274. The van der Waals surface area contributed by atoms with Gasteiger partial charge >= 0.3 is 6.36 Å². The number of ether oxygens (including phenoxy) is 2. The van der Waals surface area contributed by atoms with Gasteiger partial charge in [0, 0.05) is 23.0 Å². The van der Waals surface area contributed by atoms with Gasteiger partial charge in [0.2, 0.25) is 5.91 Å². The molecule has 0 unspecified atom stereocenters. The maximum atomic E-state index is 12.4. The van der Waals surface area contributed by atoms with Gasteiger partial charge in [-0.25, -0.2) is 0 Å². The van der Waals surface area contributed by atoms with E-state index in [1.54, 1.807) is 38.1 Å². The van der Waals surface area contributed by atoms with Crippen molar-refractivity contribution in [3.63, 3.8) is 0 Å². The van der Waals surface area contributed by atoms with E-state index in [1.807, 2.05) is 24.3 Å². The summed E-state index contributed by atoms with van der Waals surface area (Å²) in [6, 6.07) is 20.3. The summed E-state index contributed by atoms with van der Waals surface area (Å²) in [7, 11) is 0. The van der Waals surface area contributed by atoms with Gasteiger partial charge in [0.15, 0.2) is 10.5 Å². The lowest BCUT2D eigenvalue weighted by Gasteiger charge is -2.20. The summed E-state index contributed by atoms with van der Waals surface area (Å²) in [6.45, 7) is 5.63. The van der Waals surface area contributed by atoms with Gasteiger partial charge in [-0.1, -0.05) is 24.0 Å². The zero-order valence-electron chi connectivity index (χ0n) is 20.1. The zero-order valence-corrected chi connectivity index (χ0v) is 21.0. The SMILES string of the molecule is CC[SH+]c1ccc(CC(=O)Nc2ccc(C#CC(C)(C)Oc3ccc(OC(F)(F)F)cc3)cc2)cc1. The van der Waals surface area contributed by atoms with E-state index in [-0.39, 0.29) is 11.7 Å². The Morgan fingerprint density at radius 1 is 0.889 bits per heavy atom. The first-order valence-corrected chi connectivity index (χ1v) is 12.3. The van der Waals surface area contributed by atoms with Gasteiger partial charge in [-0.2, -0.15) is 0 Å². The number of hydrogen-bond acceptors (Lipinski definition) is 3. The first kappa shape index (κ1) is 27.0. The Hall–Kier alpha value is -3.57. The number of thiol groups is 1. The van der Waals surface area contributed by atoms with Gasteiger partial charge in [0.1, 0.15) is 17.3 Å². The molecule has 0 aliphatic carbocycles. The number of nitrogens with one attached hydrogen (secondary N) is 1. The number of alkyl halides is 3. The van der Waals surface area contributed by atoms with Crippen LogP contribution in [0.4, 0.5) is 18.9 Å². The van der Waals surface area contributed by atoms with Gasteiger partial charge in [-0.3, -0.25) is 4.79 Å². The highest BCUT2D eigenvalue weighted by atomic mass is 32.2. The van der Waals surface area contributed by atoms with Crippen molar-refractivity contribution in [2.75, 3.05) is 11.1 Å². The standard InChI is InChI=1S/C28H26F3NO3S/c1-4-36-25-15-7-21(8-16-25)19-26(33)32-22-9-5-20(6-10-22)17-18-27(2,3)34-23-11-13-24(14-12-23)35-28(29,30)31/h5-16H,4,19H2,1-3H3,(H,32,33)/p+1. The van der Waals surface area contributed by atoms with Crippen LogP contribution in [0, 0.1) is 11.8 Å². The molecule has 8 heteroatoms. The van der Waals surface area contributed by atoms with Gasteiger partial charge in [-0.05, 0) is 87.0 Å². The van der Waals surface area contributed by atoms with Crippen LogP contribution in [0.25, 0.3) is 0 Å². The minimum Gasteiger partial charge on any atom is -0.475 e. The van der Waals surface area contributed by atoms with Crippen LogP contribution in [0.1, 0.15) is 31.9 Å². The highest BCUT2D eigenvalue weighted by Crippen LogP contribution is 2.26. The molecule has 3 aromatic carbocycles. The molecular weight excluding hydrogens is 487 g/mol. The fourth-order valence-corrected chi connectivity index (χ4v) is 3.91. The van der Waals surface area contributed by atoms with E-state index >= 15 is 0 Å². The Bertz CT molecular complexity index is 1210. The van der Waals surface area contributed by atoms with Crippen molar-refractivity contribution in [2.24, 2.45) is 0 Å². The molecule has 0 radical (unpaired) electrons. The van der Waals surface area contributed by atoms with Crippen LogP contribution in [0.5, 0.6) is 11.5 Å². The van der Waals surface area contributed by atoms with Crippen molar-refractivity contribution < 1.29 is 27.4 Å². The van der Waals surface area contributed by atoms with Gasteiger partial charge in [0.25, 0.3) is 0 Å². The minimum atomic E-state index is -4.74. The third-order valence-corrected chi connectivity index (χ3v) is 5.73. The van der Waals surface area contributed by atoms with E-state index in [9.17, 15) is 18.0 Å². The summed E-state index contributed by atoms with van der Waals surface area (Å²) in [6.07, 6.45) is -4.45. The van der Waals surface area contributed by atoms with Gasteiger partial charge < -0.3 is 14.8 Å². The maximum Gasteiger partial charge on any atom is 0.573 e. The number of benzene rings is 3. The number of anilines is 1. The molecule has 0 fully saturated rings. The number of carbonyl (C=O) groups is 1. The molecule has 36 heavy (non-hydrogen) atoms. The molecule has 3 aromatic rings. The fourth-order valence-electron chi connectivity index (χ4n) is 3.18. The van der Waals surface area contributed by atoms with Crippen molar-refractivity contribution in [1.29, 1.82) is 0 Å². The summed E-state index contributed by atoms with van der Waals surface area (Å²) < 4.78 is 46.5. The molecule has 1 N–H and O–H groups in total. The zero-order chi connectivity index (χ0) is 26.2. The Kier molecular flexibility index (Phi) is 8.94. The highest BCUT2D eigenvalue weighted by molar-refractivity contribution is 7.78. The number of carbonyl (C=O) groups excluding carboxylic acids is 1. The average Bonchev–Trinajstić information content (AvgIpc) is 2.80. The Morgan fingerprint density at radius 2 is 1.47 bits per heavy atom. The molecule has 0 aliphatic heterocycles. The molecule has 3 rings (SSSR count). The highest BCUT2D eigenvalue weighted by Gasteiger charge is 2.31. The van der Waals surface area contributed by atoms with Crippen molar-refractivity contribution in [2.45, 2.75) is 44.1 Å². The van der Waals surface area contributed by atoms with Crippen molar-refractivity contribution >= 4 is 23.4 Å². The predicted octanol–water partition coefficient (Wildman–Crippen LogP) is 6.17. The molecular formula is C28H27F3NO3S+. The minimum absolute atomic E-state index is 0.101. The number of rotatable bonds is 8. The first-order valence-electron chi connectivity index (χ1n) is 11.3. The third-order valence-electron chi connectivity index (χ3n) is 4.75. The summed E-state index contributed by atoms with van der Waals surface area (Å²) in [5.41, 5.74) is 1.45. The van der Waals surface area contributed by atoms with E-state index < -0.39 is 12.0 Å². The third kappa shape index (κ3) is 9.23. The van der Waals surface area contributed by atoms with E-state index in [0.29, 0.717) is 17.9 Å². The summed E-state index contributed by atoms with van der Waals surface area (Å²) in [5, 5.41) is 2.89. The second-order valence-corrected chi connectivity index (χ2v) is 9.79. The predicted molar refractivity (Wildman–Crippen MR) is 137 cm³/mol. The van der Waals surface area contributed by atoms with Crippen molar-refractivity contribution in [1.82, 2.24) is 0 Å². The van der Waals surface area contributed by atoms with E-state index in [1.165, 1.54) is 40.9 Å². The molecule has 0 spiro atoms. The van der Waals surface area contributed by atoms with Crippen molar-refractivity contribution in [3.8, 4) is 23.3 Å². The Morgan fingerprint density at radius 3 is 2.03 bits per heavy atom. The molecule has 0 heterocycles. The molecule has 0 saturated carbocycles. The molecule has 0 saturated heterocycles. The Balaban J connectivity index is 1.54. The molecule has 0 aromatic heterocycles. The fraction of sp³-hybridized carbons (Fsp3) is 0.250. The summed E-state index contributed by atoms with van der Waals surface area (Å²) in [4.78, 5) is 13.6. The van der Waals surface area contributed by atoms with Crippen LogP contribution in [-0.4, -0.2) is 23.6 Å². The quantitative estimate of drug-likeness (QED) is 0.222. The summed E-state index contributed by atoms with van der Waals surface area (Å²) in [5.74, 6) is 7.03. The first-order chi connectivity index (χ1) is 17.0. The van der Waals surface area contributed by atoms with Gasteiger partial charge in [0.05, 0.1) is 6.42 Å². The molecule has 0 aliphatic rings. The monoisotopic (exact) mass is 514 g/mol. The van der Waals surface area contributed by atoms with Crippen LogP contribution in [-0.2, 0) is 23.0 Å². The van der Waals surface area contributed by atoms with E-state index in [2.05, 4.69) is 28.8 Å². The molecule has 0 bridgehead atoms. The number of amides is 1. The topological polar surface area (TPSA) is 47.6 Å². The normalized spacial score (nSPS) is 11.3. The molecule has 188 valence electrons. The van der Waals surface area contributed by atoms with Crippen LogP contribution in [0.3, 0.4) is 0 Å². The average molecular weight is 515 g/mol. The largest absolute Gasteiger partial charge is 0.573 e. The van der Waals surface area contributed by atoms with Crippen LogP contribution in [0.15, 0.2) is 77.7 Å². The van der Waals surface area contributed by atoms with Crippen LogP contribution >= 0.6 is 0 Å². The molecule has 1 amide bonds. The number of hydrogen-bond donors (Lipinski definition) is 1. The van der Waals surface area contributed by atoms with E-state index in [0.717, 1.165) is 16.9 Å². The molecule has 0 atom stereocenters. The number of halogens is 3. The lowest BCUT2D eigenvalue weighted by Crippen LogP contribution is -2.25. The smallest absolute Gasteiger partial charge is 0.475 e.